The Hall–Kier alpha value is -5.86. The van der Waals surface area contributed by atoms with Crippen LogP contribution in [-0.4, -0.2) is 0 Å². The Bertz CT molecular complexity index is 2710. The fraction of sp³-hybridized carbons (Fsp3) is 0.192. The summed E-state index contributed by atoms with van der Waals surface area (Å²) in [6.45, 7) is 0. The van der Waals surface area contributed by atoms with E-state index >= 15 is 0 Å². The minimum absolute atomic E-state index is 0.204. The van der Waals surface area contributed by atoms with Gasteiger partial charge in [-0.05, 0) is 137 Å². The highest BCUT2D eigenvalue weighted by Gasteiger charge is 2.61. The highest BCUT2D eigenvalue weighted by atomic mass is 16.3. The molecule has 4 saturated carbocycles. The van der Waals surface area contributed by atoms with Crippen LogP contribution in [0.15, 0.2) is 168 Å². The molecule has 2 nitrogen and oxygen atoms in total. The number of anilines is 3. The third-order valence-electron chi connectivity index (χ3n) is 13.9. The van der Waals surface area contributed by atoms with E-state index < -0.39 is 0 Å². The predicted molar refractivity (Wildman–Crippen MR) is 223 cm³/mol. The van der Waals surface area contributed by atoms with Crippen molar-refractivity contribution in [3.63, 3.8) is 0 Å². The summed E-state index contributed by atoms with van der Waals surface area (Å²) in [4.78, 5) is 2.38. The molecule has 0 saturated heterocycles. The molecule has 4 fully saturated rings. The van der Waals surface area contributed by atoms with E-state index in [4.69, 9.17) is 4.42 Å². The Labute approximate surface area is 316 Å². The zero-order chi connectivity index (χ0) is 35.4. The molecule has 0 radical (unpaired) electrons. The maximum Gasteiger partial charge on any atom is 0.137 e. The van der Waals surface area contributed by atoms with Crippen LogP contribution in [0.1, 0.15) is 43.2 Å². The molecule has 8 aromatic rings. The van der Waals surface area contributed by atoms with Gasteiger partial charge in [0.2, 0.25) is 0 Å². The van der Waals surface area contributed by atoms with E-state index in [-0.39, 0.29) is 5.41 Å². The number of hydrogen-bond acceptors (Lipinski definition) is 2. The topological polar surface area (TPSA) is 16.4 Å². The van der Waals surface area contributed by atoms with Crippen LogP contribution in [-0.2, 0) is 5.41 Å². The van der Waals surface area contributed by atoms with Gasteiger partial charge in [0.15, 0.2) is 0 Å². The summed E-state index contributed by atoms with van der Waals surface area (Å²) in [6.07, 6.45) is 7.14. The Morgan fingerprint density at radius 3 is 1.87 bits per heavy atom. The van der Waals surface area contributed by atoms with Crippen molar-refractivity contribution in [1.82, 2.24) is 0 Å². The molecule has 1 aromatic heterocycles. The van der Waals surface area contributed by atoms with Gasteiger partial charge in [-0.3, -0.25) is 0 Å². The summed E-state index contributed by atoms with van der Waals surface area (Å²) >= 11 is 0. The molecule has 0 unspecified atom stereocenters. The van der Waals surface area contributed by atoms with Crippen LogP contribution in [0.5, 0.6) is 0 Å². The number of para-hydroxylation sites is 2. The smallest absolute Gasteiger partial charge is 0.137 e. The first-order valence-corrected chi connectivity index (χ1v) is 19.9. The Morgan fingerprint density at radius 1 is 0.426 bits per heavy atom. The maximum atomic E-state index is 6.41. The van der Waals surface area contributed by atoms with Gasteiger partial charge < -0.3 is 9.32 Å². The first-order chi connectivity index (χ1) is 26.7. The summed E-state index contributed by atoms with van der Waals surface area (Å²) < 4.78 is 6.41. The maximum absolute atomic E-state index is 6.41. The Morgan fingerprint density at radius 2 is 1.06 bits per heavy atom. The minimum atomic E-state index is 0.204. The van der Waals surface area contributed by atoms with Crippen LogP contribution in [0.2, 0.25) is 0 Å². The van der Waals surface area contributed by atoms with Crippen molar-refractivity contribution in [3.05, 3.63) is 175 Å². The second-order valence-electron chi connectivity index (χ2n) is 16.5. The number of fused-ring (bicyclic) bond motifs is 6. The zero-order valence-corrected chi connectivity index (χ0v) is 30.3. The van der Waals surface area contributed by atoms with Crippen molar-refractivity contribution >= 4 is 39.0 Å². The summed E-state index contributed by atoms with van der Waals surface area (Å²) in [6, 6.07) is 60.5. The van der Waals surface area contributed by atoms with E-state index in [2.05, 4.69) is 163 Å². The van der Waals surface area contributed by atoms with Gasteiger partial charge in [-0.15, -0.1) is 0 Å². The van der Waals surface area contributed by atoms with Crippen molar-refractivity contribution in [2.45, 2.75) is 37.5 Å². The van der Waals surface area contributed by atoms with Crippen LogP contribution in [0.3, 0.4) is 0 Å². The molecule has 7 aromatic carbocycles. The van der Waals surface area contributed by atoms with Crippen molar-refractivity contribution in [3.8, 4) is 33.4 Å². The lowest BCUT2D eigenvalue weighted by molar-refractivity contribution is -0.0399. The largest absolute Gasteiger partial charge is 0.456 e. The van der Waals surface area contributed by atoms with E-state index in [1.54, 1.807) is 11.1 Å². The molecular weight excluding hydrogens is 655 g/mol. The van der Waals surface area contributed by atoms with Crippen molar-refractivity contribution < 1.29 is 4.42 Å². The number of rotatable bonds is 5. The number of furan rings is 1. The molecule has 13 rings (SSSR count). The quantitative estimate of drug-likeness (QED) is 0.178. The fourth-order valence-electron chi connectivity index (χ4n) is 12.0. The Kier molecular flexibility index (Phi) is 6.55. The van der Waals surface area contributed by atoms with Gasteiger partial charge in [-0.1, -0.05) is 115 Å². The fourth-order valence-corrected chi connectivity index (χ4v) is 12.0. The lowest BCUT2D eigenvalue weighted by Crippen LogP contribution is -2.55. The van der Waals surface area contributed by atoms with Crippen LogP contribution in [0.4, 0.5) is 17.1 Å². The SMILES string of the molecule is c1ccc(-c2ccccc2N(c2ccc(-c3ccc4c(c3)-c3ccccc3C43C4CC5CC(C4)CC3C5)cc2)c2ccc3c(c2)oc2ccccc23)cc1. The van der Waals surface area contributed by atoms with Gasteiger partial charge in [-0.25, -0.2) is 0 Å². The molecule has 1 heterocycles. The Balaban J connectivity index is 0.972. The van der Waals surface area contributed by atoms with E-state index in [1.165, 1.54) is 65.5 Å². The van der Waals surface area contributed by atoms with Gasteiger partial charge in [0.1, 0.15) is 11.2 Å². The summed E-state index contributed by atoms with van der Waals surface area (Å²) in [5.41, 5.74) is 16.4. The molecule has 54 heavy (non-hydrogen) atoms. The zero-order valence-electron chi connectivity index (χ0n) is 30.3. The highest BCUT2D eigenvalue weighted by molar-refractivity contribution is 6.06. The van der Waals surface area contributed by atoms with Gasteiger partial charge in [0, 0.05) is 39.2 Å². The standard InChI is InChI=1S/C52H41NO/c1-2-10-36(11-3-1)42-12-5-8-16-49(42)53(41-23-24-45-44-14-6-9-17-50(44)54-51(45)32-41)40-21-18-35(19-22-40)37-20-25-48-46(31-37)43-13-4-7-15-47(43)52(48)38-27-33-26-34(29-38)30-39(52)28-33/h1-25,31-34,38-39H,26-30H2. The third-order valence-corrected chi connectivity index (χ3v) is 13.9. The molecule has 5 aliphatic rings. The first kappa shape index (κ1) is 30.6. The molecule has 1 spiro atoms. The molecule has 0 atom stereocenters. The van der Waals surface area contributed by atoms with Crippen molar-refractivity contribution in [2.24, 2.45) is 23.7 Å². The van der Waals surface area contributed by atoms with Gasteiger partial charge >= 0.3 is 0 Å². The second kappa shape index (κ2) is 11.6. The summed E-state index contributed by atoms with van der Waals surface area (Å²) in [7, 11) is 0. The molecule has 0 N–H and O–H groups in total. The van der Waals surface area contributed by atoms with Crippen molar-refractivity contribution in [2.75, 3.05) is 4.90 Å². The summed E-state index contributed by atoms with van der Waals surface area (Å²) in [5, 5.41) is 2.28. The van der Waals surface area contributed by atoms with E-state index in [1.807, 2.05) is 6.07 Å². The molecule has 260 valence electrons. The third kappa shape index (κ3) is 4.34. The van der Waals surface area contributed by atoms with Crippen molar-refractivity contribution in [1.29, 1.82) is 0 Å². The second-order valence-corrected chi connectivity index (χ2v) is 16.5. The average Bonchev–Trinajstić information content (AvgIpc) is 3.74. The molecule has 2 heteroatoms. The molecule has 0 amide bonds. The van der Waals surface area contributed by atoms with Crippen LogP contribution < -0.4 is 4.90 Å². The highest BCUT2D eigenvalue weighted by Crippen LogP contribution is 2.69. The van der Waals surface area contributed by atoms with E-state index in [0.717, 1.165) is 62.7 Å². The van der Waals surface area contributed by atoms with Crippen LogP contribution >= 0.6 is 0 Å². The van der Waals surface area contributed by atoms with Gasteiger partial charge in [0.05, 0.1) is 5.69 Å². The lowest BCUT2D eigenvalue weighted by atomic mass is 9.43. The molecule has 5 aliphatic carbocycles. The normalized spacial score (nSPS) is 23.3. The first-order valence-electron chi connectivity index (χ1n) is 19.9. The number of nitrogens with zero attached hydrogens (tertiary/aromatic N) is 1. The van der Waals surface area contributed by atoms with Gasteiger partial charge in [-0.2, -0.15) is 0 Å². The van der Waals surface area contributed by atoms with E-state index in [9.17, 15) is 0 Å². The number of benzene rings is 7. The molecule has 0 aliphatic heterocycles. The van der Waals surface area contributed by atoms with Crippen LogP contribution in [0.25, 0.3) is 55.3 Å². The monoisotopic (exact) mass is 695 g/mol. The van der Waals surface area contributed by atoms with Crippen LogP contribution in [0, 0.1) is 23.7 Å². The average molecular weight is 696 g/mol. The molecular formula is C52H41NO. The lowest BCUT2D eigenvalue weighted by Gasteiger charge is -2.61. The predicted octanol–water partition coefficient (Wildman–Crippen LogP) is 14.1. The minimum Gasteiger partial charge on any atom is -0.456 e. The number of hydrogen-bond donors (Lipinski definition) is 0. The van der Waals surface area contributed by atoms with Gasteiger partial charge in [0.25, 0.3) is 0 Å². The van der Waals surface area contributed by atoms with E-state index in [0.29, 0.717) is 0 Å². The summed E-state index contributed by atoms with van der Waals surface area (Å²) in [5.74, 6) is 3.47. The molecule has 4 bridgehead atoms.